The lowest BCUT2D eigenvalue weighted by atomic mass is 10.2. The number of amides is 1. The van der Waals surface area contributed by atoms with Crippen LogP contribution >= 0.6 is 0 Å². The molecule has 1 aromatic heterocycles. The Labute approximate surface area is 107 Å². The van der Waals surface area contributed by atoms with E-state index in [1.165, 1.54) is 25.9 Å². The molecule has 0 atom stereocenters. The Kier molecular flexibility index (Phi) is 4.52. The summed E-state index contributed by atoms with van der Waals surface area (Å²) in [5.41, 5.74) is 5.75. The number of aromatic nitrogens is 1. The lowest BCUT2D eigenvalue weighted by Crippen LogP contribution is -2.23. The molecule has 0 spiro atoms. The predicted octanol–water partition coefficient (Wildman–Crippen LogP) is 1.08. The Morgan fingerprint density at radius 1 is 1.44 bits per heavy atom. The van der Waals surface area contributed by atoms with Crippen molar-refractivity contribution in [2.24, 2.45) is 5.73 Å². The first-order valence-electron chi connectivity index (χ1n) is 6.48. The summed E-state index contributed by atoms with van der Waals surface area (Å²) in [4.78, 5) is 17.8. The molecule has 1 saturated heterocycles. The van der Waals surface area contributed by atoms with Crippen LogP contribution in [-0.4, -0.2) is 42.0 Å². The van der Waals surface area contributed by atoms with Crippen molar-refractivity contribution >= 4 is 11.7 Å². The number of rotatable bonds is 6. The molecular formula is C13H20N4O. The van der Waals surface area contributed by atoms with Crippen LogP contribution in [-0.2, 0) is 0 Å². The number of carbonyl (C=O) groups is 1. The first-order valence-corrected chi connectivity index (χ1v) is 6.48. The SMILES string of the molecule is NC(=O)c1cccnc1NCCCN1CCCC1. The van der Waals surface area contributed by atoms with Crippen LogP contribution in [0.1, 0.15) is 29.6 Å². The Hall–Kier alpha value is -1.62. The Morgan fingerprint density at radius 2 is 2.22 bits per heavy atom. The molecule has 0 radical (unpaired) electrons. The molecule has 2 heterocycles. The van der Waals surface area contributed by atoms with Crippen LogP contribution in [0, 0.1) is 0 Å². The highest BCUT2D eigenvalue weighted by atomic mass is 16.1. The van der Waals surface area contributed by atoms with Crippen LogP contribution in [0.15, 0.2) is 18.3 Å². The summed E-state index contributed by atoms with van der Waals surface area (Å²) in [5.74, 6) is 0.150. The summed E-state index contributed by atoms with van der Waals surface area (Å²) >= 11 is 0. The van der Waals surface area contributed by atoms with Crippen LogP contribution in [0.4, 0.5) is 5.82 Å². The van der Waals surface area contributed by atoms with Gasteiger partial charge >= 0.3 is 0 Å². The maximum absolute atomic E-state index is 11.2. The van der Waals surface area contributed by atoms with Crippen molar-refractivity contribution in [3.63, 3.8) is 0 Å². The summed E-state index contributed by atoms with van der Waals surface area (Å²) in [6.45, 7) is 4.35. The molecule has 0 unspecified atom stereocenters. The van der Waals surface area contributed by atoms with Gasteiger partial charge in [0.25, 0.3) is 5.91 Å². The van der Waals surface area contributed by atoms with Crippen LogP contribution in [0.25, 0.3) is 0 Å². The number of nitrogens with zero attached hydrogens (tertiary/aromatic N) is 2. The van der Waals surface area contributed by atoms with Gasteiger partial charge in [0.1, 0.15) is 5.82 Å². The van der Waals surface area contributed by atoms with Gasteiger partial charge in [-0.3, -0.25) is 4.79 Å². The maximum Gasteiger partial charge on any atom is 0.252 e. The van der Waals surface area contributed by atoms with Gasteiger partial charge in [-0.15, -0.1) is 0 Å². The van der Waals surface area contributed by atoms with E-state index < -0.39 is 5.91 Å². The van der Waals surface area contributed by atoms with Gasteiger partial charge in [0.2, 0.25) is 0 Å². The molecule has 3 N–H and O–H groups in total. The molecule has 5 nitrogen and oxygen atoms in total. The number of nitrogens with two attached hydrogens (primary N) is 1. The Balaban J connectivity index is 1.77. The molecular weight excluding hydrogens is 228 g/mol. The number of pyridine rings is 1. The number of primary amides is 1. The minimum absolute atomic E-state index is 0.440. The number of anilines is 1. The van der Waals surface area contributed by atoms with Gasteiger partial charge in [0.15, 0.2) is 0 Å². The van der Waals surface area contributed by atoms with E-state index in [1.807, 2.05) is 0 Å². The van der Waals surface area contributed by atoms with E-state index in [9.17, 15) is 4.79 Å². The summed E-state index contributed by atoms with van der Waals surface area (Å²) in [7, 11) is 0. The summed E-state index contributed by atoms with van der Waals surface area (Å²) in [5, 5.41) is 3.18. The molecule has 18 heavy (non-hydrogen) atoms. The molecule has 1 aliphatic rings. The van der Waals surface area contributed by atoms with Gasteiger partial charge in [-0.25, -0.2) is 4.98 Å². The van der Waals surface area contributed by atoms with Crippen molar-refractivity contribution in [2.75, 3.05) is 31.5 Å². The van der Waals surface area contributed by atoms with E-state index in [0.29, 0.717) is 11.4 Å². The van der Waals surface area contributed by atoms with Crippen LogP contribution in [0.5, 0.6) is 0 Å². The van der Waals surface area contributed by atoms with Gasteiger partial charge in [-0.2, -0.15) is 0 Å². The second-order valence-corrected chi connectivity index (χ2v) is 4.59. The molecule has 2 rings (SSSR count). The zero-order valence-corrected chi connectivity index (χ0v) is 10.6. The smallest absolute Gasteiger partial charge is 0.252 e. The highest BCUT2D eigenvalue weighted by Crippen LogP contribution is 2.11. The van der Waals surface area contributed by atoms with Gasteiger partial charge in [0, 0.05) is 12.7 Å². The largest absolute Gasteiger partial charge is 0.369 e. The van der Waals surface area contributed by atoms with E-state index in [-0.39, 0.29) is 0 Å². The fourth-order valence-electron chi connectivity index (χ4n) is 2.26. The van der Waals surface area contributed by atoms with Gasteiger partial charge in [-0.1, -0.05) is 0 Å². The van der Waals surface area contributed by atoms with Gasteiger partial charge < -0.3 is 16.0 Å². The minimum atomic E-state index is -0.440. The third-order valence-electron chi connectivity index (χ3n) is 3.22. The number of likely N-dealkylation sites (tertiary alicyclic amines) is 1. The third-order valence-corrected chi connectivity index (χ3v) is 3.22. The number of hydrogen-bond donors (Lipinski definition) is 2. The Morgan fingerprint density at radius 3 is 2.94 bits per heavy atom. The molecule has 98 valence electrons. The van der Waals surface area contributed by atoms with E-state index in [2.05, 4.69) is 15.2 Å². The highest BCUT2D eigenvalue weighted by Gasteiger charge is 2.11. The molecule has 1 amide bonds. The zero-order valence-electron chi connectivity index (χ0n) is 10.6. The summed E-state index contributed by atoms with van der Waals surface area (Å²) < 4.78 is 0. The molecule has 0 aromatic carbocycles. The number of hydrogen-bond acceptors (Lipinski definition) is 4. The third kappa shape index (κ3) is 3.43. The monoisotopic (exact) mass is 248 g/mol. The zero-order chi connectivity index (χ0) is 12.8. The Bertz CT molecular complexity index is 402. The van der Waals surface area contributed by atoms with Crippen molar-refractivity contribution in [1.29, 1.82) is 0 Å². The predicted molar refractivity (Wildman–Crippen MR) is 71.5 cm³/mol. The van der Waals surface area contributed by atoms with Crippen molar-refractivity contribution in [2.45, 2.75) is 19.3 Å². The van der Waals surface area contributed by atoms with E-state index in [4.69, 9.17) is 5.73 Å². The fraction of sp³-hybridized carbons (Fsp3) is 0.538. The first kappa shape index (κ1) is 12.8. The quantitative estimate of drug-likeness (QED) is 0.739. The second kappa shape index (κ2) is 6.35. The van der Waals surface area contributed by atoms with Gasteiger partial charge in [0.05, 0.1) is 5.56 Å². The lowest BCUT2D eigenvalue weighted by Gasteiger charge is -2.14. The average Bonchev–Trinajstić information content (AvgIpc) is 2.88. The van der Waals surface area contributed by atoms with E-state index in [1.54, 1.807) is 18.3 Å². The molecule has 1 aliphatic heterocycles. The fourth-order valence-corrected chi connectivity index (χ4v) is 2.26. The standard InChI is InChI=1S/C13H20N4O/c14-12(18)11-5-3-6-15-13(11)16-7-4-10-17-8-1-2-9-17/h3,5-6H,1-2,4,7-10H2,(H2,14,18)(H,15,16). The van der Waals surface area contributed by atoms with Crippen LogP contribution in [0.3, 0.4) is 0 Å². The minimum Gasteiger partial charge on any atom is -0.369 e. The van der Waals surface area contributed by atoms with Crippen LogP contribution in [0.2, 0.25) is 0 Å². The summed E-state index contributed by atoms with van der Waals surface area (Å²) in [6.07, 6.45) is 5.35. The maximum atomic E-state index is 11.2. The number of carbonyl (C=O) groups excluding carboxylic acids is 1. The molecule has 1 aromatic rings. The van der Waals surface area contributed by atoms with Crippen LogP contribution < -0.4 is 11.1 Å². The van der Waals surface area contributed by atoms with Gasteiger partial charge in [-0.05, 0) is 51.0 Å². The molecule has 1 fully saturated rings. The molecule has 0 saturated carbocycles. The molecule has 0 bridgehead atoms. The first-order chi connectivity index (χ1) is 8.77. The highest BCUT2D eigenvalue weighted by molar-refractivity contribution is 5.97. The van der Waals surface area contributed by atoms with Crippen molar-refractivity contribution < 1.29 is 4.79 Å². The van der Waals surface area contributed by atoms with Crippen molar-refractivity contribution in [3.8, 4) is 0 Å². The summed E-state index contributed by atoms with van der Waals surface area (Å²) in [6, 6.07) is 3.41. The second-order valence-electron chi connectivity index (χ2n) is 4.59. The average molecular weight is 248 g/mol. The van der Waals surface area contributed by atoms with Crippen molar-refractivity contribution in [1.82, 2.24) is 9.88 Å². The van der Waals surface area contributed by atoms with E-state index in [0.717, 1.165) is 19.5 Å². The number of nitrogens with one attached hydrogen (secondary N) is 1. The molecule has 5 heteroatoms. The lowest BCUT2D eigenvalue weighted by molar-refractivity contribution is 0.100. The van der Waals surface area contributed by atoms with Crippen molar-refractivity contribution in [3.05, 3.63) is 23.9 Å². The topological polar surface area (TPSA) is 71.2 Å². The normalized spacial score (nSPS) is 15.8. The van der Waals surface area contributed by atoms with E-state index >= 15 is 0 Å². The molecule has 0 aliphatic carbocycles.